The largest absolute Gasteiger partial charge is 0.351 e. The van der Waals surface area contributed by atoms with E-state index < -0.39 is 10.0 Å². The molecule has 1 aromatic rings. The first-order chi connectivity index (χ1) is 9.42. The third-order valence-corrected chi connectivity index (χ3v) is 5.78. The van der Waals surface area contributed by atoms with Crippen molar-refractivity contribution in [3.05, 3.63) is 35.4 Å². The molecule has 1 aromatic carbocycles. The Bertz CT molecular complexity index is 646. The van der Waals surface area contributed by atoms with Gasteiger partial charge < -0.3 is 5.32 Å². The number of rotatable bonds is 1. The van der Waals surface area contributed by atoms with Crippen LogP contribution in [0.5, 0.6) is 0 Å². The van der Waals surface area contributed by atoms with E-state index in [1.807, 2.05) is 24.3 Å². The Morgan fingerprint density at radius 2 is 1.85 bits per heavy atom. The Morgan fingerprint density at radius 3 is 2.50 bits per heavy atom. The molecule has 2 heterocycles. The zero-order chi connectivity index (χ0) is 14.4. The highest BCUT2D eigenvalue weighted by Gasteiger charge is 2.42. The minimum Gasteiger partial charge on any atom is -0.351 e. The summed E-state index contributed by atoms with van der Waals surface area (Å²) in [5, 5.41) is 2.95. The van der Waals surface area contributed by atoms with Crippen molar-refractivity contribution < 1.29 is 13.2 Å². The van der Waals surface area contributed by atoms with E-state index in [1.165, 1.54) is 10.6 Å². The molecular weight excluding hydrogens is 276 g/mol. The molecule has 6 heteroatoms. The van der Waals surface area contributed by atoms with E-state index in [2.05, 4.69) is 5.32 Å². The number of carbonyl (C=O) groups is 1. The average molecular weight is 294 g/mol. The Morgan fingerprint density at radius 1 is 1.20 bits per heavy atom. The molecule has 1 spiro atoms. The molecule has 0 radical (unpaired) electrons. The minimum atomic E-state index is -3.12. The fourth-order valence-corrected chi connectivity index (χ4v) is 4.12. The molecular formula is C14H18N2O3S. The second kappa shape index (κ2) is 4.56. The second-order valence-electron chi connectivity index (χ2n) is 5.67. The van der Waals surface area contributed by atoms with Crippen molar-refractivity contribution in [2.45, 2.75) is 18.3 Å². The van der Waals surface area contributed by atoms with Gasteiger partial charge in [0.05, 0.1) is 6.26 Å². The molecule has 108 valence electrons. The average Bonchev–Trinajstić information content (AvgIpc) is 2.43. The van der Waals surface area contributed by atoms with Crippen molar-refractivity contribution in [2.24, 2.45) is 0 Å². The van der Waals surface area contributed by atoms with Crippen LogP contribution in [0.15, 0.2) is 24.3 Å². The topological polar surface area (TPSA) is 66.5 Å². The Labute approximate surface area is 119 Å². The van der Waals surface area contributed by atoms with Crippen molar-refractivity contribution in [1.29, 1.82) is 0 Å². The highest BCUT2D eigenvalue weighted by Crippen LogP contribution is 2.39. The van der Waals surface area contributed by atoms with Gasteiger partial charge in [0.25, 0.3) is 5.91 Å². The number of nitrogens with zero attached hydrogens (tertiary/aromatic N) is 1. The van der Waals surface area contributed by atoms with E-state index in [1.54, 1.807) is 0 Å². The summed E-state index contributed by atoms with van der Waals surface area (Å²) in [6.07, 6.45) is 2.75. The molecule has 0 saturated carbocycles. The lowest BCUT2D eigenvalue weighted by molar-refractivity contribution is 0.0906. The van der Waals surface area contributed by atoms with Crippen LogP contribution in [-0.2, 0) is 15.4 Å². The maximum absolute atomic E-state index is 11.9. The highest BCUT2D eigenvalue weighted by molar-refractivity contribution is 7.88. The van der Waals surface area contributed by atoms with Crippen LogP contribution < -0.4 is 5.32 Å². The molecule has 1 N–H and O–H groups in total. The molecule has 20 heavy (non-hydrogen) atoms. The number of benzene rings is 1. The van der Waals surface area contributed by atoms with Crippen LogP contribution in [0.3, 0.4) is 0 Å². The molecule has 2 aliphatic rings. The summed E-state index contributed by atoms with van der Waals surface area (Å²) in [6.45, 7) is 1.63. The predicted molar refractivity (Wildman–Crippen MR) is 76.1 cm³/mol. The van der Waals surface area contributed by atoms with Crippen LogP contribution in [0, 0.1) is 0 Å². The smallest absolute Gasteiger partial charge is 0.251 e. The number of piperidine rings is 1. The summed E-state index contributed by atoms with van der Waals surface area (Å²) in [6, 6.07) is 7.66. The van der Waals surface area contributed by atoms with Gasteiger partial charge in [-0.05, 0) is 24.5 Å². The monoisotopic (exact) mass is 294 g/mol. The van der Waals surface area contributed by atoms with Crippen molar-refractivity contribution in [2.75, 3.05) is 25.9 Å². The van der Waals surface area contributed by atoms with Gasteiger partial charge in [-0.3, -0.25) is 4.79 Å². The van der Waals surface area contributed by atoms with Crippen LogP contribution in [0.2, 0.25) is 0 Å². The number of sulfonamides is 1. The molecule has 0 bridgehead atoms. The molecule has 0 aromatic heterocycles. The number of nitrogens with one attached hydrogen (secondary N) is 1. The van der Waals surface area contributed by atoms with E-state index in [4.69, 9.17) is 0 Å². The quantitative estimate of drug-likeness (QED) is 0.830. The Kier molecular flexibility index (Phi) is 3.10. The van der Waals surface area contributed by atoms with Gasteiger partial charge >= 0.3 is 0 Å². The summed E-state index contributed by atoms with van der Waals surface area (Å²) >= 11 is 0. The van der Waals surface area contributed by atoms with Gasteiger partial charge in [0.15, 0.2) is 0 Å². The zero-order valence-electron chi connectivity index (χ0n) is 11.4. The van der Waals surface area contributed by atoms with Gasteiger partial charge in [0.1, 0.15) is 0 Å². The molecule has 5 nitrogen and oxygen atoms in total. The first kappa shape index (κ1) is 13.6. The minimum absolute atomic E-state index is 0.0308. The van der Waals surface area contributed by atoms with Crippen LogP contribution in [0.1, 0.15) is 28.8 Å². The van der Waals surface area contributed by atoms with Crippen LogP contribution in [0.25, 0.3) is 0 Å². The van der Waals surface area contributed by atoms with Crippen molar-refractivity contribution in [3.63, 3.8) is 0 Å². The van der Waals surface area contributed by atoms with Crippen LogP contribution in [0.4, 0.5) is 0 Å². The number of hydrogen-bond acceptors (Lipinski definition) is 3. The predicted octanol–water partition coefficient (Wildman–Crippen LogP) is 0.723. The molecule has 3 rings (SSSR count). The lowest BCUT2D eigenvalue weighted by atomic mass is 9.69. The van der Waals surface area contributed by atoms with Gasteiger partial charge in [-0.2, -0.15) is 0 Å². The van der Waals surface area contributed by atoms with E-state index in [0.717, 1.165) is 24.0 Å². The molecule has 1 saturated heterocycles. The zero-order valence-corrected chi connectivity index (χ0v) is 12.2. The van der Waals surface area contributed by atoms with Crippen molar-refractivity contribution in [3.8, 4) is 0 Å². The van der Waals surface area contributed by atoms with Gasteiger partial charge in [-0.25, -0.2) is 12.7 Å². The molecule has 1 fully saturated rings. The second-order valence-corrected chi connectivity index (χ2v) is 7.65. The lowest BCUT2D eigenvalue weighted by Gasteiger charge is -2.44. The Hall–Kier alpha value is -1.40. The fraction of sp³-hybridized carbons (Fsp3) is 0.500. The van der Waals surface area contributed by atoms with Crippen LogP contribution in [-0.4, -0.2) is 44.5 Å². The number of carbonyl (C=O) groups excluding carboxylic acids is 1. The van der Waals surface area contributed by atoms with Gasteiger partial charge in [0.2, 0.25) is 10.0 Å². The maximum atomic E-state index is 11.9. The molecule has 0 aliphatic carbocycles. The lowest BCUT2D eigenvalue weighted by Crippen LogP contribution is -2.53. The van der Waals surface area contributed by atoms with E-state index in [9.17, 15) is 13.2 Å². The fourth-order valence-electron chi connectivity index (χ4n) is 3.28. The molecule has 0 atom stereocenters. The summed E-state index contributed by atoms with van der Waals surface area (Å²) < 4.78 is 24.7. The van der Waals surface area contributed by atoms with Gasteiger partial charge in [-0.1, -0.05) is 18.2 Å². The third-order valence-electron chi connectivity index (χ3n) is 4.48. The number of fused-ring (bicyclic) bond motifs is 2. The number of hydrogen-bond donors (Lipinski definition) is 1. The van der Waals surface area contributed by atoms with E-state index in [0.29, 0.717) is 19.6 Å². The summed E-state index contributed by atoms with van der Waals surface area (Å²) in [5.74, 6) is -0.0308. The SMILES string of the molecule is CS(=O)(=O)N1CCC2(CC1)CNC(=O)c1ccccc12. The Balaban J connectivity index is 1.93. The van der Waals surface area contributed by atoms with Gasteiger partial charge in [-0.15, -0.1) is 0 Å². The summed E-state index contributed by atoms with van der Waals surface area (Å²) in [5.41, 5.74) is 1.68. The van der Waals surface area contributed by atoms with Gasteiger partial charge in [0, 0.05) is 30.6 Å². The maximum Gasteiger partial charge on any atom is 0.251 e. The molecule has 1 amide bonds. The highest BCUT2D eigenvalue weighted by atomic mass is 32.2. The number of amides is 1. The van der Waals surface area contributed by atoms with Crippen molar-refractivity contribution >= 4 is 15.9 Å². The molecule has 2 aliphatic heterocycles. The summed E-state index contributed by atoms with van der Waals surface area (Å²) in [4.78, 5) is 11.9. The van der Waals surface area contributed by atoms with E-state index >= 15 is 0 Å². The standard InChI is InChI=1S/C14H18N2O3S/c1-20(18,19)16-8-6-14(7-9-16)10-15-13(17)11-4-2-3-5-12(11)14/h2-5H,6-10H2,1H3,(H,15,17). The third kappa shape index (κ3) is 2.13. The first-order valence-corrected chi connectivity index (χ1v) is 8.60. The van der Waals surface area contributed by atoms with Crippen molar-refractivity contribution in [1.82, 2.24) is 9.62 Å². The molecule has 0 unspecified atom stereocenters. The first-order valence-electron chi connectivity index (χ1n) is 6.75. The van der Waals surface area contributed by atoms with E-state index in [-0.39, 0.29) is 11.3 Å². The normalized spacial score (nSPS) is 22.4. The summed E-state index contributed by atoms with van der Waals surface area (Å²) in [7, 11) is -3.12. The van der Waals surface area contributed by atoms with Crippen LogP contribution >= 0.6 is 0 Å².